The Bertz CT molecular complexity index is 1480. The molecule has 2 aliphatic rings. The SMILES string of the molecule is CCN1CCN(c2cc3c(cc2F)c(=O)c(C(=O)OCc2nc4ccccc4[nH]2)cn3C2CC2)CC1. The second-order valence-electron chi connectivity index (χ2n) is 9.53. The number of fused-ring (bicyclic) bond motifs is 2. The first-order valence-electron chi connectivity index (χ1n) is 12.5. The van der Waals surface area contributed by atoms with Crippen LogP contribution in [-0.4, -0.2) is 58.1 Å². The molecule has 4 aromatic rings. The third-order valence-corrected chi connectivity index (χ3v) is 7.20. The van der Waals surface area contributed by atoms with Gasteiger partial charge in [0.15, 0.2) is 0 Å². The van der Waals surface area contributed by atoms with E-state index in [1.807, 2.05) is 33.7 Å². The number of nitrogens with zero attached hydrogens (tertiary/aromatic N) is 4. The lowest BCUT2D eigenvalue weighted by Gasteiger charge is -2.35. The molecule has 0 bridgehead atoms. The molecule has 8 nitrogen and oxygen atoms in total. The van der Waals surface area contributed by atoms with E-state index in [2.05, 4.69) is 21.8 Å². The highest BCUT2D eigenvalue weighted by Gasteiger charge is 2.29. The molecule has 2 aromatic heterocycles. The van der Waals surface area contributed by atoms with Crippen LogP contribution in [0, 0.1) is 5.82 Å². The molecule has 36 heavy (non-hydrogen) atoms. The molecule has 2 fully saturated rings. The Morgan fingerprint density at radius 2 is 1.94 bits per heavy atom. The number of benzene rings is 2. The molecule has 186 valence electrons. The monoisotopic (exact) mass is 489 g/mol. The van der Waals surface area contributed by atoms with Crippen LogP contribution < -0.4 is 10.3 Å². The number of para-hydroxylation sites is 2. The van der Waals surface area contributed by atoms with Gasteiger partial charge in [-0.25, -0.2) is 14.2 Å². The minimum atomic E-state index is -0.739. The Balaban J connectivity index is 1.31. The van der Waals surface area contributed by atoms with E-state index in [0.717, 1.165) is 56.6 Å². The summed E-state index contributed by atoms with van der Waals surface area (Å²) in [5.41, 5.74) is 2.17. The highest BCUT2D eigenvalue weighted by molar-refractivity contribution is 5.94. The number of imidazole rings is 1. The number of hydrogen-bond donors (Lipinski definition) is 1. The van der Waals surface area contributed by atoms with Crippen LogP contribution in [-0.2, 0) is 11.3 Å². The summed E-state index contributed by atoms with van der Waals surface area (Å²) in [4.78, 5) is 38.2. The van der Waals surface area contributed by atoms with Crippen molar-refractivity contribution in [1.82, 2.24) is 19.4 Å². The van der Waals surface area contributed by atoms with E-state index in [1.54, 1.807) is 12.3 Å². The van der Waals surface area contributed by atoms with Crippen LogP contribution in [0.5, 0.6) is 0 Å². The van der Waals surface area contributed by atoms with E-state index in [4.69, 9.17) is 4.74 Å². The van der Waals surface area contributed by atoms with E-state index in [-0.39, 0.29) is 23.6 Å². The van der Waals surface area contributed by atoms with Crippen molar-refractivity contribution in [2.75, 3.05) is 37.6 Å². The predicted molar refractivity (Wildman–Crippen MR) is 136 cm³/mol. The molecule has 1 aliphatic carbocycles. The predicted octanol–water partition coefficient (Wildman–Crippen LogP) is 3.85. The Morgan fingerprint density at radius 1 is 1.17 bits per heavy atom. The fourth-order valence-corrected chi connectivity index (χ4v) is 4.99. The van der Waals surface area contributed by atoms with Gasteiger partial charge in [0.2, 0.25) is 5.43 Å². The van der Waals surface area contributed by atoms with Crippen LogP contribution in [0.25, 0.3) is 21.9 Å². The second kappa shape index (κ2) is 9.05. The summed E-state index contributed by atoms with van der Waals surface area (Å²) in [6.07, 6.45) is 3.49. The maximum atomic E-state index is 15.3. The lowest BCUT2D eigenvalue weighted by molar-refractivity contribution is 0.0461. The molecule has 9 heteroatoms. The van der Waals surface area contributed by atoms with Gasteiger partial charge in [-0.05, 0) is 43.7 Å². The van der Waals surface area contributed by atoms with Crippen LogP contribution in [0.4, 0.5) is 10.1 Å². The Hall–Kier alpha value is -3.72. The zero-order valence-electron chi connectivity index (χ0n) is 20.2. The van der Waals surface area contributed by atoms with Gasteiger partial charge in [-0.15, -0.1) is 0 Å². The lowest BCUT2D eigenvalue weighted by Crippen LogP contribution is -2.46. The minimum absolute atomic E-state index is 0.0887. The number of esters is 1. The van der Waals surface area contributed by atoms with Gasteiger partial charge < -0.3 is 24.1 Å². The number of aromatic nitrogens is 3. The molecule has 1 saturated heterocycles. The van der Waals surface area contributed by atoms with E-state index >= 15 is 4.39 Å². The number of rotatable bonds is 6. The summed E-state index contributed by atoms with van der Waals surface area (Å²) < 4.78 is 22.7. The molecule has 3 heterocycles. The number of aromatic amines is 1. The summed E-state index contributed by atoms with van der Waals surface area (Å²) in [5, 5.41) is 0.202. The van der Waals surface area contributed by atoms with Crippen molar-refractivity contribution in [2.45, 2.75) is 32.4 Å². The number of pyridine rings is 1. The van der Waals surface area contributed by atoms with Gasteiger partial charge in [0.05, 0.1) is 22.2 Å². The summed E-state index contributed by atoms with van der Waals surface area (Å²) in [5.74, 6) is -0.691. The van der Waals surface area contributed by atoms with Crippen LogP contribution in [0.1, 0.15) is 42.0 Å². The maximum absolute atomic E-state index is 15.3. The zero-order chi connectivity index (χ0) is 24.8. The topological polar surface area (TPSA) is 83.5 Å². The third-order valence-electron chi connectivity index (χ3n) is 7.20. The molecule has 2 aromatic carbocycles. The number of piperazine rings is 1. The van der Waals surface area contributed by atoms with Crippen LogP contribution in [0.15, 0.2) is 47.4 Å². The Morgan fingerprint density at radius 3 is 2.67 bits per heavy atom. The summed E-state index contributed by atoms with van der Waals surface area (Å²) >= 11 is 0. The van der Waals surface area contributed by atoms with Crippen molar-refractivity contribution in [1.29, 1.82) is 0 Å². The van der Waals surface area contributed by atoms with Crippen molar-refractivity contribution in [3.63, 3.8) is 0 Å². The highest BCUT2D eigenvalue weighted by Crippen LogP contribution is 2.38. The fourth-order valence-electron chi connectivity index (χ4n) is 4.99. The van der Waals surface area contributed by atoms with Crippen molar-refractivity contribution < 1.29 is 13.9 Å². The number of nitrogens with one attached hydrogen (secondary N) is 1. The number of carbonyl (C=O) groups is 1. The highest BCUT2D eigenvalue weighted by atomic mass is 19.1. The number of carbonyl (C=O) groups excluding carboxylic acids is 1. The van der Waals surface area contributed by atoms with E-state index < -0.39 is 17.2 Å². The van der Waals surface area contributed by atoms with Gasteiger partial charge >= 0.3 is 5.97 Å². The molecule has 0 spiro atoms. The van der Waals surface area contributed by atoms with Gasteiger partial charge in [-0.2, -0.15) is 0 Å². The number of anilines is 1. The normalized spacial score (nSPS) is 16.7. The molecule has 0 unspecified atom stereocenters. The first kappa shape index (κ1) is 22.7. The average molecular weight is 490 g/mol. The molecular formula is C27H28FN5O3. The van der Waals surface area contributed by atoms with Crippen LogP contribution in [0.2, 0.25) is 0 Å². The van der Waals surface area contributed by atoms with Gasteiger partial charge in [0.1, 0.15) is 23.8 Å². The van der Waals surface area contributed by atoms with Crippen molar-refractivity contribution in [3.8, 4) is 0 Å². The first-order chi connectivity index (χ1) is 17.5. The van der Waals surface area contributed by atoms with Crippen molar-refractivity contribution in [2.24, 2.45) is 0 Å². The summed E-state index contributed by atoms with van der Waals surface area (Å²) in [6.45, 7) is 6.22. The molecule has 0 radical (unpaired) electrons. The Kier molecular flexibility index (Phi) is 5.72. The number of H-pyrrole nitrogens is 1. The molecule has 1 N–H and O–H groups in total. The zero-order valence-corrected chi connectivity index (χ0v) is 20.2. The quantitative estimate of drug-likeness (QED) is 0.414. The molecule has 0 amide bonds. The minimum Gasteiger partial charge on any atom is -0.454 e. The molecule has 0 atom stereocenters. The van der Waals surface area contributed by atoms with Crippen molar-refractivity contribution >= 4 is 33.6 Å². The smallest absolute Gasteiger partial charge is 0.344 e. The van der Waals surface area contributed by atoms with Crippen molar-refractivity contribution in [3.05, 3.63) is 70.0 Å². The number of ether oxygens (including phenoxy) is 1. The molecule has 1 saturated carbocycles. The van der Waals surface area contributed by atoms with Gasteiger partial charge in [0.25, 0.3) is 0 Å². The first-order valence-corrected chi connectivity index (χ1v) is 12.5. The summed E-state index contributed by atoms with van der Waals surface area (Å²) in [7, 11) is 0. The molecular weight excluding hydrogens is 461 g/mol. The third kappa shape index (κ3) is 4.13. The number of hydrogen-bond acceptors (Lipinski definition) is 6. The van der Waals surface area contributed by atoms with E-state index in [1.165, 1.54) is 6.07 Å². The van der Waals surface area contributed by atoms with E-state index in [9.17, 15) is 9.59 Å². The van der Waals surface area contributed by atoms with Crippen LogP contribution >= 0.6 is 0 Å². The lowest BCUT2D eigenvalue weighted by atomic mass is 10.1. The summed E-state index contributed by atoms with van der Waals surface area (Å²) in [6, 6.07) is 10.8. The maximum Gasteiger partial charge on any atom is 0.344 e. The second-order valence-corrected chi connectivity index (χ2v) is 9.53. The standard InChI is InChI=1S/C27H28FN5O3/c1-2-31-9-11-32(12-10-31)24-14-23-18(13-20(24)28)26(34)19(15-33(23)17-7-8-17)27(35)36-16-25-29-21-5-3-4-6-22(21)30-25/h3-6,13-15,17H,2,7-12,16H2,1H3,(H,29,30). The van der Waals surface area contributed by atoms with Gasteiger partial charge in [-0.3, -0.25) is 4.79 Å². The molecule has 1 aliphatic heterocycles. The molecule has 6 rings (SSSR count). The Labute approximate surface area is 207 Å². The van der Waals surface area contributed by atoms with Crippen LogP contribution in [0.3, 0.4) is 0 Å². The number of likely N-dealkylation sites (N-methyl/N-ethyl adjacent to an activating group) is 1. The largest absolute Gasteiger partial charge is 0.454 e. The van der Waals surface area contributed by atoms with Gasteiger partial charge in [-0.1, -0.05) is 19.1 Å². The van der Waals surface area contributed by atoms with Gasteiger partial charge in [0, 0.05) is 43.8 Å². The fraction of sp³-hybridized carbons (Fsp3) is 0.370. The van der Waals surface area contributed by atoms with E-state index in [0.29, 0.717) is 17.0 Å². The number of halogens is 1. The average Bonchev–Trinajstić information content (AvgIpc) is 3.66.